The Morgan fingerprint density at radius 3 is 2.68 bits per heavy atom. The van der Waals surface area contributed by atoms with Gasteiger partial charge >= 0.3 is 0 Å². The van der Waals surface area contributed by atoms with Gasteiger partial charge in [0.15, 0.2) is 5.76 Å². The topological polar surface area (TPSA) is 65.7 Å². The Hall–Kier alpha value is -1.33. The zero-order chi connectivity index (χ0) is 14.3. The lowest BCUT2D eigenvalue weighted by atomic mass is 10.3. The van der Waals surface area contributed by atoms with Gasteiger partial charge in [-0.05, 0) is 38.6 Å². The van der Waals surface area contributed by atoms with Crippen LogP contribution >= 0.6 is 0 Å². The number of nitrogens with zero attached hydrogens (tertiary/aromatic N) is 1. The van der Waals surface area contributed by atoms with Gasteiger partial charge in [-0.15, -0.1) is 0 Å². The molecule has 0 spiro atoms. The number of carbonyl (C=O) groups is 1. The zero-order valence-corrected chi connectivity index (χ0v) is 12.0. The number of rotatable bonds is 8. The summed E-state index contributed by atoms with van der Waals surface area (Å²) >= 11 is 0. The summed E-state index contributed by atoms with van der Waals surface area (Å²) in [5, 5.41) is 11.8. The number of aliphatic hydroxyl groups is 1. The van der Waals surface area contributed by atoms with E-state index in [1.807, 2.05) is 6.07 Å². The zero-order valence-electron chi connectivity index (χ0n) is 12.0. The van der Waals surface area contributed by atoms with Crippen molar-refractivity contribution < 1.29 is 14.3 Å². The van der Waals surface area contributed by atoms with Crippen LogP contribution in [-0.4, -0.2) is 41.7 Å². The molecule has 0 aliphatic rings. The van der Waals surface area contributed by atoms with Crippen LogP contribution in [0.1, 0.15) is 43.5 Å². The van der Waals surface area contributed by atoms with E-state index in [1.165, 1.54) is 0 Å². The van der Waals surface area contributed by atoms with Gasteiger partial charge in [-0.3, -0.25) is 9.69 Å². The molecule has 1 atom stereocenters. The molecule has 1 aromatic heterocycles. The highest BCUT2D eigenvalue weighted by Crippen LogP contribution is 2.10. The summed E-state index contributed by atoms with van der Waals surface area (Å²) in [5.41, 5.74) is 0. The molecule has 0 bridgehead atoms. The highest BCUT2D eigenvalue weighted by Gasteiger charge is 2.12. The Labute approximate surface area is 114 Å². The van der Waals surface area contributed by atoms with Crippen molar-refractivity contribution in [1.29, 1.82) is 0 Å². The lowest BCUT2D eigenvalue weighted by molar-refractivity contribution is 0.0914. The van der Waals surface area contributed by atoms with Crippen LogP contribution in [0.4, 0.5) is 0 Å². The van der Waals surface area contributed by atoms with E-state index >= 15 is 0 Å². The summed E-state index contributed by atoms with van der Waals surface area (Å²) in [6.07, 6.45) is 0.133. The monoisotopic (exact) mass is 268 g/mol. The minimum absolute atomic E-state index is 0.230. The normalized spacial score (nSPS) is 12.7. The van der Waals surface area contributed by atoms with Gasteiger partial charge in [0.05, 0.1) is 12.6 Å². The minimum Gasteiger partial charge on any atom is -0.455 e. The van der Waals surface area contributed by atoms with Crippen molar-refractivity contribution >= 4 is 5.91 Å². The van der Waals surface area contributed by atoms with Gasteiger partial charge < -0.3 is 14.8 Å². The SMILES string of the molecule is CCN(CC)Cc1ccc(C(=O)NCCC(C)O)o1. The molecule has 1 unspecified atom stereocenters. The first-order valence-electron chi connectivity index (χ1n) is 6.84. The predicted molar refractivity (Wildman–Crippen MR) is 74.0 cm³/mol. The molecule has 1 aromatic rings. The molecule has 0 aromatic carbocycles. The second-order valence-corrected chi connectivity index (χ2v) is 4.62. The van der Waals surface area contributed by atoms with Crippen molar-refractivity contribution in [2.45, 2.75) is 39.8 Å². The van der Waals surface area contributed by atoms with E-state index in [2.05, 4.69) is 24.1 Å². The molecule has 0 aliphatic carbocycles. The Morgan fingerprint density at radius 2 is 2.11 bits per heavy atom. The number of furan rings is 1. The number of hydrogen-bond donors (Lipinski definition) is 2. The average Bonchev–Trinajstić information content (AvgIpc) is 2.84. The van der Waals surface area contributed by atoms with Gasteiger partial charge in [0.2, 0.25) is 0 Å². The van der Waals surface area contributed by atoms with Crippen molar-refractivity contribution in [2.24, 2.45) is 0 Å². The average molecular weight is 268 g/mol. The van der Waals surface area contributed by atoms with E-state index in [0.717, 1.165) is 18.8 Å². The summed E-state index contributed by atoms with van der Waals surface area (Å²) in [7, 11) is 0. The van der Waals surface area contributed by atoms with Crippen molar-refractivity contribution in [2.75, 3.05) is 19.6 Å². The number of carbonyl (C=O) groups excluding carboxylic acids is 1. The Balaban J connectivity index is 2.47. The van der Waals surface area contributed by atoms with Gasteiger partial charge in [0.25, 0.3) is 5.91 Å². The third-order valence-corrected chi connectivity index (χ3v) is 3.01. The second kappa shape index (κ2) is 7.96. The smallest absolute Gasteiger partial charge is 0.286 e. The quantitative estimate of drug-likeness (QED) is 0.752. The Bertz CT molecular complexity index is 384. The van der Waals surface area contributed by atoms with Crippen molar-refractivity contribution in [3.63, 3.8) is 0 Å². The van der Waals surface area contributed by atoms with Crippen LogP contribution in [0.2, 0.25) is 0 Å². The van der Waals surface area contributed by atoms with E-state index in [9.17, 15) is 4.79 Å². The van der Waals surface area contributed by atoms with Crippen molar-refractivity contribution in [1.82, 2.24) is 10.2 Å². The molecule has 5 nitrogen and oxygen atoms in total. The van der Waals surface area contributed by atoms with Gasteiger partial charge in [0.1, 0.15) is 5.76 Å². The molecule has 0 fully saturated rings. The highest BCUT2D eigenvalue weighted by atomic mass is 16.4. The second-order valence-electron chi connectivity index (χ2n) is 4.62. The molecule has 1 rings (SSSR count). The summed E-state index contributed by atoms with van der Waals surface area (Å²) < 4.78 is 5.52. The number of hydrogen-bond acceptors (Lipinski definition) is 4. The number of aliphatic hydroxyl groups excluding tert-OH is 1. The molecular weight excluding hydrogens is 244 g/mol. The maximum absolute atomic E-state index is 11.8. The van der Waals surface area contributed by atoms with Gasteiger partial charge in [-0.25, -0.2) is 0 Å². The van der Waals surface area contributed by atoms with E-state index in [0.29, 0.717) is 25.3 Å². The summed E-state index contributed by atoms with van der Waals surface area (Å²) in [4.78, 5) is 14.0. The highest BCUT2D eigenvalue weighted by molar-refractivity contribution is 5.91. The van der Waals surface area contributed by atoms with Crippen LogP contribution in [-0.2, 0) is 6.54 Å². The van der Waals surface area contributed by atoms with Crippen LogP contribution in [0.15, 0.2) is 16.5 Å². The third kappa shape index (κ3) is 5.44. The molecule has 108 valence electrons. The third-order valence-electron chi connectivity index (χ3n) is 3.01. The lowest BCUT2D eigenvalue weighted by Crippen LogP contribution is -2.26. The molecule has 0 saturated heterocycles. The Morgan fingerprint density at radius 1 is 1.42 bits per heavy atom. The molecule has 0 saturated carbocycles. The fourth-order valence-corrected chi connectivity index (χ4v) is 1.73. The van der Waals surface area contributed by atoms with E-state index in [-0.39, 0.29) is 5.91 Å². The van der Waals surface area contributed by atoms with Gasteiger partial charge in [0, 0.05) is 6.54 Å². The fraction of sp³-hybridized carbons (Fsp3) is 0.643. The van der Waals surface area contributed by atoms with Crippen molar-refractivity contribution in [3.05, 3.63) is 23.7 Å². The largest absolute Gasteiger partial charge is 0.455 e. The van der Waals surface area contributed by atoms with Crippen LogP contribution in [0.3, 0.4) is 0 Å². The molecule has 1 amide bonds. The summed E-state index contributed by atoms with van der Waals surface area (Å²) in [6.45, 7) is 8.95. The molecule has 19 heavy (non-hydrogen) atoms. The lowest BCUT2D eigenvalue weighted by Gasteiger charge is -2.15. The number of nitrogens with one attached hydrogen (secondary N) is 1. The first-order chi connectivity index (χ1) is 9.06. The maximum atomic E-state index is 11.8. The Kier molecular flexibility index (Phi) is 6.59. The van der Waals surface area contributed by atoms with E-state index in [4.69, 9.17) is 9.52 Å². The minimum atomic E-state index is -0.407. The molecule has 0 aliphatic heterocycles. The summed E-state index contributed by atoms with van der Waals surface area (Å²) in [6, 6.07) is 3.53. The van der Waals surface area contributed by atoms with Crippen molar-refractivity contribution in [3.8, 4) is 0 Å². The van der Waals surface area contributed by atoms with E-state index < -0.39 is 6.10 Å². The molecule has 0 radical (unpaired) electrons. The molecule has 5 heteroatoms. The standard InChI is InChI=1S/C14H24N2O3/c1-4-16(5-2)10-12-6-7-13(19-12)14(18)15-9-8-11(3)17/h6-7,11,17H,4-5,8-10H2,1-3H3,(H,15,18). The van der Waals surface area contributed by atoms with Crippen LogP contribution in [0.5, 0.6) is 0 Å². The van der Waals surface area contributed by atoms with Crippen LogP contribution in [0, 0.1) is 0 Å². The van der Waals surface area contributed by atoms with E-state index in [1.54, 1.807) is 13.0 Å². The molecule has 1 heterocycles. The van der Waals surface area contributed by atoms with Crippen LogP contribution in [0.25, 0.3) is 0 Å². The molecular formula is C14H24N2O3. The fourth-order valence-electron chi connectivity index (χ4n) is 1.73. The van der Waals surface area contributed by atoms with Gasteiger partial charge in [-0.2, -0.15) is 0 Å². The number of amides is 1. The molecule has 2 N–H and O–H groups in total. The first-order valence-corrected chi connectivity index (χ1v) is 6.84. The first kappa shape index (κ1) is 15.7. The van der Waals surface area contributed by atoms with Gasteiger partial charge in [-0.1, -0.05) is 13.8 Å². The summed E-state index contributed by atoms with van der Waals surface area (Å²) in [5.74, 6) is 0.892. The maximum Gasteiger partial charge on any atom is 0.286 e. The van der Waals surface area contributed by atoms with Crippen LogP contribution < -0.4 is 5.32 Å². The predicted octanol–water partition coefficient (Wildman–Crippen LogP) is 1.62.